The fraction of sp³-hybridized carbons (Fsp3) is 0.0588. The van der Waals surface area contributed by atoms with Gasteiger partial charge in [-0.25, -0.2) is 4.68 Å². The third-order valence-corrected chi connectivity index (χ3v) is 3.79. The zero-order valence-corrected chi connectivity index (χ0v) is 12.7. The molecule has 0 saturated heterocycles. The van der Waals surface area contributed by atoms with Gasteiger partial charge in [-0.3, -0.25) is 4.79 Å². The monoisotopic (exact) mass is 318 g/mol. The molecule has 2 heterocycles. The number of fused-ring (bicyclic) bond motifs is 1. The van der Waals surface area contributed by atoms with E-state index in [4.69, 9.17) is 0 Å². The first-order valence-corrected chi connectivity index (χ1v) is 7.48. The quantitative estimate of drug-likeness (QED) is 0.604. The Morgan fingerprint density at radius 3 is 2.75 bits per heavy atom. The van der Waals surface area contributed by atoms with Crippen molar-refractivity contribution in [3.8, 4) is 5.69 Å². The summed E-state index contributed by atoms with van der Waals surface area (Å²) in [5.74, 6) is -0.0603. The minimum absolute atomic E-state index is 0.0603. The number of amides is 1. The van der Waals surface area contributed by atoms with Crippen molar-refractivity contribution in [2.45, 2.75) is 6.42 Å². The molecule has 0 bridgehead atoms. The van der Waals surface area contributed by atoms with Crippen LogP contribution in [0.15, 0.2) is 61.1 Å². The predicted molar refractivity (Wildman–Crippen MR) is 89.8 cm³/mol. The highest BCUT2D eigenvalue weighted by Gasteiger charge is 2.09. The highest BCUT2D eigenvalue weighted by atomic mass is 16.1. The number of aromatic amines is 1. The maximum absolute atomic E-state index is 12.3. The van der Waals surface area contributed by atoms with Gasteiger partial charge in [-0.2, -0.15) is 0 Å². The molecule has 0 aliphatic carbocycles. The molecule has 2 N–H and O–H groups in total. The molecule has 0 aliphatic heterocycles. The van der Waals surface area contributed by atoms with Crippen molar-refractivity contribution < 1.29 is 4.79 Å². The zero-order chi connectivity index (χ0) is 16.4. The maximum atomic E-state index is 12.3. The average Bonchev–Trinajstić information content (AvgIpc) is 3.26. The van der Waals surface area contributed by atoms with E-state index in [2.05, 4.69) is 25.8 Å². The third kappa shape index (κ3) is 2.74. The Bertz CT molecular complexity index is 972. The Balaban J connectivity index is 1.46. The summed E-state index contributed by atoms with van der Waals surface area (Å²) in [7, 11) is 0. The van der Waals surface area contributed by atoms with Crippen molar-refractivity contribution >= 4 is 22.5 Å². The number of para-hydroxylation sites is 1. The first kappa shape index (κ1) is 14.1. The second kappa shape index (κ2) is 5.96. The number of rotatable bonds is 4. The summed E-state index contributed by atoms with van der Waals surface area (Å²) >= 11 is 0. The molecule has 2 aromatic carbocycles. The maximum Gasteiger partial charge on any atom is 0.228 e. The molecule has 0 saturated carbocycles. The number of carbonyl (C=O) groups excluding carboxylic acids is 1. The summed E-state index contributed by atoms with van der Waals surface area (Å²) in [5.41, 5.74) is 3.57. The molecular formula is C17H14N6O. The molecular weight excluding hydrogens is 304 g/mol. The summed E-state index contributed by atoms with van der Waals surface area (Å²) in [6, 6.07) is 15.3. The molecule has 0 aliphatic rings. The highest BCUT2D eigenvalue weighted by Crippen LogP contribution is 2.19. The lowest BCUT2D eigenvalue weighted by atomic mass is 10.1. The second-order valence-electron chi connectivity index (χ2n) is 5.39. The van der Waals surface area contributed by atoms with Crippen molar-refractivity contribution in [1.29, 1.82) is 0 Å². The number of hydrogen-bond donors (Lipinski definition) is 2. The predicted octanol–water partition coefficient (Wildman–Crippen LogP) is 2.32. The van der Waals surface area contributed by atoms with E-state index in [0.29, 0.717) is 6.42 Å². The van der Waals surface area contributed by atoms with Gasteiger partial charge in [0, 0.05) is 22.8 Å². The van der Waals surface area contributed by atoms with Crippen LogP contribution in [0.25, 0.3) is 16.6 Å². The van der Waals surface area contributed by atoms with E-state index >= 15 is 0 Å². The lowest BCUT2D eigenvalue weighted by molar-refractivity contribution is -0.115. The number of anilines is 1. The van der Waals surface area contributed by atoms with E-state index in [1.54, 1.807) is 4.68 Å². The number of H-pyrrole nitrogens is 1. The first-order valence-electron chi connectivity index (χ1n) is 7.48. The third-order valence-electron chi connectivity index (χ3n) is 3.79. The van der Waals surface area contributed by atoms with E-state index in [1.165, 1.54) is 6.33 Å². The van der Waals surface area contributed by atoms with Crippen molar-refractivity contribution in [1.82, 2.24) is 25.2 Å². The SMILES string of the molecule is O=C(Cc1c[nH]c2ccccc12)Nc1ccc(-n2cnnn2)cc1. The Morgan fingerprint density at radius 2 is 1.96 bits per heavy atom. The zero-order valence-electron chi connectivity index (χ0n) is 12.7. The molecule has 1 amide bonds. The molecule has 118 valence electrons. The van der Waals surface area contributed by atoms with Gasteiger partial charge in [0.05, 0.1) is 12.1 Å². The number of carbonyl (C=O) groups is 1. The Kier molecular flexibility index (Phi) is 3.51. The lowest BCUT2D eigenvalue weighted by Gasteiger charge is -2.06. The summed E-state index contributed by atoms with van der Waals surface area (Å²) in [6.45, 7) is 0. The molecule has 7 heteroatoms. The van der Waals surface area contributed by atoms with E-state index in [9.17, 15) is 4.79 Å². The lowest BCUT2D eigenvalue weighted by Crippen LogP contribution is -2.14. The van der Waals surface area contributed by atoms with Gasteiger partial charge in [0.25, 0.3) is 0 Å². The van der Waals surface area contributed by atoms with Gasteiger partial charge < -0.3 is 10.3 Å². The van der Waals surface area contributed by atoms with Gasteiger partial charge in [0.1, 0.15) is 6.33 Å². The Morgan fingerprint density at radius 1 is 1.12 bits per heavy atom. The van der Waals surface area contributed by atoms with Crippen LogP contribution in [0, 0.1) is 0 Å². The van der Waals surface area contributed by atoms with E-state index < -0.39 is 0 Å². The molecule has 0 spiro atoms. The number of hydrogen-bond acceptors (Lipinski definition) is 4. The minimum Gasteiger partial charge on any atom is -0.361 e. The van der Waals surface area contributed by atoms with Crippen LogP contribution in [0.1, 0.15) is 5.56 Å². The fourth-order valence-corrected chi connectivity index (χ4v) is 2.63. The molecule has 0 unspecified atom stereocenters. The fourth-order valence-electron chi connectivity index (χ4n) is 2.63. The average molecular weight is 318 g/mol. The number of nitrogens with one attached hydrogen (secondary N) is 2. The van der Waals surface area contributed by atoms with Crippen LogP contribution in [0.5, 0.6) is 0 Å². The van der Waals surface area contributed by atoms with Crippen molar-refractivity contribution in [3.05, 3.63) is 66.6 Å². The molecule has 4 rings (SSSR count). The van der Waals surface area contributed by atoms with Crippen LogP contribution in [-0.4, -0.2) is 31.1 Å². The topological polar surface area (TPSA) is 88.5 Å². The Labute approximate surface area is 137 Å². The van der Waals surface area contributed by atoms with E-state index in [0.717, 1.165) is 27.8 Å². The number of benzene rings is 2. The van der Waals surface area contributed by atoms with Crippen molar-refractivity contribution in [2.24, 2.45) is 0 Å². The van der Waals surface area contributed by atoms with E-state index in [-0.39, 0.29) is 5.91 Å². The molecule has 24 heavy (non-hydrogen) atoms. The summed E-state index contributed by atoms with van der Waals surface area (Å²) < 4.78 is 1.55. The van der Waals surface area contributed by atoms with Crippen LogP contribution in [-0.2, 0) is 11.2 Å². The number of tetrazole rings is 1. The van der Waals surface area contributed by atoms with Crippen molar-refractivity contribution in [3.63, 3.8) is 0 Å². The van der Waals surface area contributed by atoms with Gasteiger partial charge in [-0.15, -0.1) is 5.10 Å². The van der Waals surface area contributed by atoms with Crippen molar-refractivity contribution in [2.75, 3.05) is 5.32 Å². The standard InChI is InChI=1S/C17H14N6O/c24-17(9-12-10-18-16-4-2-1-3-15(12)16)20-13-5-7-14(8-6-13)23-11-19-21-22-23/h1-8,10-11,18H,9H2,(H,20,24). The largest absolute Gasteiger partial charge is 0.361 e. The van der Waals surface area contributed by atoms with Gasteiger partial charge in [0.2, 0.25) is 5.91 Å². The number of nitrogens with zero attached hydrogens (tertiary/aromatic N) is 4. The Hall–Kier alpha value is -3.48. The summed E-state index contributed by atoms with van der Waals surface area (Å²) in [4.78, 5) is 15.5. The van der Waals surface area contributed by atoms with Crippen LogP contribution < -0.4 is 5.32 Å². The smallest absolute Gasteiger partial charge is 0.228 e. The molecule has 0 fully saturated rings. The van der Waals surface area contributed by atoms with Gasteiger partial charge in [0.15, 0.2) is 0 Å². The number of aromatic nitrogens is 5. The highest BCUT2D eigenvalue weighted by molar-refractivity contribution is 5.95. The molecule has 0 atom stereocenters. The normalized spacial score (nSPS) is 10.8. The van der Waals surface area contributed by atoms with Gasteiger partial charge in [-0.1, -0.05) is 18.2 Å². The molecule has 2 aromatic heterocycles. The van der Waals surface area contributed by atoms with Crippen LogP contribution in [0.2, 0.25) is 0 Å². The summed E-state index contributed by atoms with van der Waals surface area (Å²) in [5, 5.41) is 15.0. The molecule has 4 aromatic rings. The van der Waals surface area contributed by atoms with Gasteiger partial charge in [-0.05, 0) is 46.3 Å². The van der Waals surface area contributed by atoms with Gasteiger partial charge >= 0.3 is 0 Å². The van der Waals surface area contributed by atoms with E-state index in [1.807, 2.05) is 54.7 Å². The molecule has 0 radical (unpaired) electrons. The molecule has 7 nitrogen and oxygen atoms in total. The van der Waals surface area contributed by atoms with Crippen LogP contribution in [0.4, 0.5) is 5.69 Å². The summed E-state index contributed by atoms with van der Waals surface area (Å²) in [6.07, 6.45) is 3.72. The second-order valence-corrected chi connectivity index (χ2v) is 5.39. The van der Waals surface area contributed by atoms with Crippen LogP contribution >= 0.6 is 0 Å². The van der Waals surface area contributed by atoms with Crippen LogP contribution in [0.3, 0.4) is 0 Å². The first-order chi connectivity index (χ1) is 11.8. The minimum atomic E-state index is -0.0603.